The van der Waals surface area contributed by atoms with E-state index in [1.54, 1.807) is 0 Å². The summed E-state index contributed by atoms with van der Waals surface area (Å²) in [6.45, 7) is 5.71. The molecule has 0 amide bonds. The number of hydrogen-bond donors (Lipinski definition) is 1. The molecule has 1 aliphatic heterocycles. The lowest BCUT2D eigenvalue weighted by atomic mass is 10.1. The second-order valence-corrected chi connectivity index (χ2v) is 4.84. The number of nitrogens with zero attached hydrogens (tertiary/aromatic N) is 2. The number of likely N-dealkylation sites (N-methyl/N-ethyl adjacent to an activating group) is 1. The predicted octanol–water partition coefficient (Wildman–Crippen LogP) is 1.67. The first-order valence-electron chi connectivity index (χ1n) is 5.96. The lowest BCUT2D eigenvalue weighted by Crippen LogP contribution is -2.49. The molecule has 4 heteroatoms. The van der Waals surface area contributed by atoms with Crippen LogP contribution in [0.25, 0.3) is 0 Å². The summed E-state index contributed by atoms with van der Waals surface area (Å²) in [5.74, 6) is -0.113. The topological polar surface area (TPSA) is 26.7 Å². The van der Waals surface area contributed by atoms with E-state index in [-0.39, 0.29) is 11.6 Å². The van der Waals surface area contributed by atoms with Crippen LogP contribution in [0.5, 0.6) is 5.75 Å². The van der Waals surface area contributed by atoms with Gasteiger partial charge in [-0.1, -0.05) is 0 Å². The van der Waals surface area contributed by atoms with Gasteiger partial charge in [-0.25, -0.2) is 4.39 Å². The molecule has 1 atom stereocenters. The van der Waals surface area contributed by atoms with E-state index in [1.165, 1.54) is 18.2 Å². The van der Waals surface area contributed by atoms with Gasteiger partial charge in [-0.15, -0.1) is 0 Å². The standard InChI is InChI=1S/C13H19FN2O/c1-10-8-16(6-5-15(10)2)9-11-7-12(14)3-4-13(11)17/h3-4,7,10,17H,5-6,8-9H2,1-2H3. The smallest absolute Gasteiger partial charge is 0.123 e. The summed E-state index contributed by atoms with van der Waals surface area (Å²) in [5.41, 5.74) is 0.668. The van der Waals surface area contributed by atoms with Crippen molar-refractivity contribution >= 4 is 0 Å². The molecule has 0 radical (unpaired) electrons. The van der Waals surface area contributed by atoms with Crippen LogP contribution in [0.2, 0.25) is 0 Å². The van der Waals surface area contributed by atoms with Crippen LogP contribution in [0.15, 0.2) is 18.2 Å². The maximum Gasteiger partial charge on any atom is 0.123 e. The minimum Gasteiger partial charge on any atom is -0.508 e. The number of rotatable bonds is 2. The molecule has 1 aliphatic rings. The van der Waals surface area contributed by atoms with Gasteiger partial charge < -0.3 is 10.0 Å². The highest BCUT2D eigenvalue weighted by Crippen LogP contribution is 2.21. The fraction of sp³-hybridized carbons (Fsp3) is 0.538. The lowest BCUT2D eigenvalue weighted by Gasteiger charge is -2.37. The van der Waals surface area contributed by atoms with Crippen molar-refractivity contribution in [2.75, 3.05) is 26.7 Å². The quantitative estimate of drug-likeness (QED) is 0.849. The van der Waals surface area contributed by atoms with Gasteiger partial charge in [-0.3, -0.25) is 4.90 Å². The Bertz CT molecular complexity index is 397. The summed E-state index contributed by atoms with van der Waals surface area (Å²) in [6.07, 6.45) is 0. The zero-order chi connectivity index (χ0) is 12.4. The van der Waals surface area contributed by atoms with Crippen molar-refractivity contribution in [3.8, 4) is 5.75 Å². The third-order valence-corrected chi connectivity index (χ3v) is 3.48. The highest BCUT2D eigenvalue weighted by Gasteiger charge is 2.21. The van der Waals surface area contributed by atoms with Crippen LogP contribution in [0.3, 0.4) is 0 Å². The predicted molar refractivity (Wildman–Crippen MR) is 65.4 cm³/mol. The van der Waals surface area contributed by atoms with Crippen molar-refractivity contribution in [1.29, 1.82) is 0 Å². The summed E-state index contributed by atoms with van der Waals surface area (Å²) in [4.78, 5) is 4.56. The van der Waals surface area contributed by atoms with Gasteiger partial charge in [0.2, 0.25) is 0 Å². The van der Waals surface area contributed by atoms with E-state index in [9.17, 15) is 9.50 Å². The van der Waals surface area contributed by atoms with Gasteiger partial charge in [0, 0.05) is 37.8 Å². The van der Waals surface area contributed by atoms with E-state index in [1.807, 2.05) is 0 Å². The van der Waals surface area contributed by atoms with Gasteiger partial charge in [-0.05, 0) is 32.2 Å². The van der Waals surface area contributed by atoms with E-state index in [2.05, 4.69) is 23.8 Å². The molecule has 1 N–H and O–H groups in total. The Labute approximate surface area is 101 Å². The molecule has 0 aromatic heterocycles. The molecule has 0 saturated carbocycles. The van der Waals surface area contributed by atoms with E-state index in [4.69, 9.17) is 0 Å². The van der Waals surface area contributed by atoms with Gasteiger partial charge in [0.1, 0.15) is 11.6 Å². The first kappa shape index (κ1) is 12.3. The van der Waals surface area contributed by atoms with Gasteiger partial charge >= 0.3 is 0 Å². The number of hydrogen-bond acceptors (Lipinski definition) is 3. The number of halogens is 1. The van der Waals surface area contributed by atoms with E-state index in [0.29, 0.717) is 18.2 Å². The maximum absolute atomic E-state index is 13.1. The summed E-state index contributed by atoms with van der Waals surface area (Å²) < 4.78 is 13.1. The van der Waals surface area contributed by atoms with Crippen LogP contribution in [-0.2, 0) is 6.54 Å². The molecule has 0 bridgehead atoms. The molecule has 3 nitrogen and oxygen atoms in total. The fourth-order valence-corrected chi connectivity index (χ4v) is 2.19. The molecule has 0 aliphatic carbocycles. The van der Waals surface area contributed by atoms with Crippen molar-refractivity contribution in [2.45, 2.75) is 19.5 Å². The van der Waals surface area contributed by atoms with Crippen LogP contribution in [0.4, 0.5) is 4.39 Å². The minimum atomic E-state index is -0.292. The van der Waals surface area contributed by atoms with Gasteiger partial charge in [0.05, 0.1) is 0 Å². The molecule has 1 fully saturated rings. The molecule has 94 valence electrons. The van der Waals surface area contributed by atoms with Crippen LogP contribution in [-0.4, -0.2) is 47.6 Å². The van der Waals surface area contributed by atoms with Crippen molar-refractivity contribution in [1.82, 2.24) is 9.80 Å². The molecule has 17 heavy (non-hydrogen) atoms. The normalized spacial score (nSPS) is 22.9. The average Bonchev–Trinajstić information content (AvgIpc) is 2.29. The number of phenolic OH excluding ortho intramolecular Hbond substituents is 1. The Morgan fingerprint density at radius 2 is 2.18 bits per heavy atom. The van der Waals surface area contributed by atoms with Crippen LogP contribution < -0.4 is 0 Å². The molecule has 1 aromatic carbocycles. The molecule has 1 aromatic rings. The maximum atomic E-state index is 13.1. The SMILES string of the molecule is CC1CN(Cc2cc(F)ccc2O)CCN1C. The van der Waals surface area contributed by atoms with Crippen molar-refractivity contribution < 1.29 is 9.50 Å². The molecular weight excluding hydrogens is 219 g/mol. The lowest BCUT2D eigenvalue weighted by molar-refractivity contribution is 0.0993. The Kier molecular flexibility index (Phi) is 3.64. The van der Waals surface area contributed by atoms with Gasteiger partial charge in [0.25, 0.3) is 0 Å². The number of phenols is 1. The molecule has 1 saturated heterocycles. The van der Waals surface area contributed by atoms with E-state index >= 15 is 0 Å². The van der Waals surface area contributed by atoms with Gasteiger partial charge in [-0.2, -0.15) is 0 Å². The zero-order valence-electron chi connectivity index (χ0n) is 10.4. The van der Waals surface area contributed by atoms with Crippen molar-refractivity contribution in [3.63, 3.8) is 0 Å². The fourth-order valence-electron chi connectivity index (χ4n) is 2.19. The minimum absolute atomic E-state index is 0.179. The Hall–Kier alpha value is -1.13. The average molecular weight is 238 g/mol. The largest absolute Gasteiger partial charge is 0.508 e. The van der Waals surface area contributed by atoms with Gasteiger partial charge in [0.15, 0.2) is 0 Å². The Balaban J connectivity index is 2.03. The Morgan fingerprint density at radius 3 is 2.88 bits per heavy atom. The summed E-state index contributed by atoms with van der Waals surface area (Å²) in [7, 11) is 2.11. The van der Waals surface area contributed by atoms with E-state index in [0.717, 1.165) is 19.6 Å². The molecular formula is C13H19FN2O. The number of benzene rings is 1. The molecule has 1 unspecified atom stereocenters. The second kappa shape index (κ2) is 5.02. The first-order chi connectivity index (χ1) is 8.06. The zero-order valence-corrected chi connectivity index (χ0v) is 10.4. The van der Waals surface area contributed by atoms with Crippen molar-refractivity contribution in [3.05, 3.63) is 29.6 Å². The molecule has 1 heterocycles. The van der Waals surface area contributed by atoms with Crippen LogP contribution >= 0.6 is 0 Å². The third-order valence-electron chi connectivity index (χ3n) is 3.48. The van der Waals surface area contributed by atoms with Crippen LogP contribution in [0.1, 0.15) is 12.5 Å². The highest BCUT2D eigenvalue weighted by atomic mass is 19.1. The summed E-state index contributed by atoms with van der Waals surface area (Å²) >= 11 is 0. The van der Waals surface area contributed by atoms with Crippen LogP contribution in [0, 0.1) is 5.82 Å². The Morgan fingerprint density at radius 1 is 1.41 bits per heavy atom. The number of piperazine rings is 1. The molecule has 2 rings (SSSR count). The van der Waals surface area contributed by atoms with E-state index < -0.39 is 0 Å². The highest BCUT2D eigenvalue weighted by molar-refractivity contribution is 5.32. The van der Waals surface area contributed by atoms with Crippen molar-refractivity contribution in [2.24, 2.45) is 0 Å². The first-order valence-corrected chi connectivity index (χ1v) is 5.96. The number of aromatic hydroxyl groups is 1. The monoisotopic (exact) mass is 238 g/mol. The second-order valence-electron chi connectivity index (χ2n) is 4.84. The summed E-state index contributed by atoms with van der Waals surface area (Å²) in [6, 6.07) is 4.62. The third kappa shape index (κ3) is 2.96. The summed E-state index contributed by atoms with van der Waals surface area (Å²) in [5, 5.41) is 9.68. The molecule has 0 spiro atoms.